The van der Waals surface area contributed by atoms with Gasteiger partial charge in [-0.2, -0.15) is 0 Å². The van der Waals surface area contributed by atoms with Gasteiger partial charge in [-0.05, 0) is 38.5 Å². The van der Waals surface area contributed by atoms with Crippen LogP contribution in [0.4, 0.5) is 5.82 Å². The second kappa shape index (κ2) is 5.87. The minimum absolute atomic E-state index is 0.244. The monoisotopic (exact) mass is 281 g/mol. The molecule has 19 heavy (non-hydrogen) atoms. The molecule has 0 amide bonds. The number of aldehydes is 1. The van der Waals surface area contributed by atoms with Crippen LogP contribution in [0.5, 0.6) is 0 Å². The SMILES string of the molecule is Cc1nc(Cl)c(C=O)c(N(C)C2CCC(C)CC2)n1. The molecule has 0 unspecified atom stereocenters. The van der Waals surface area contributed by atoms with E-state index in [9.17, 15) is 4.79 Å². The van der Waals surface area contributed by atoms with E-state index in [0.717, 1.165) is 25.0 Å². The molecule has 0 saturated heterocycles. The first-order chi connectivity index (χ1) is 9.02. The molecule has 0 spiro atoms. The molecule has 1 aromatic rings. The van der Waals surface area contributed by atoms with Crippen LogP contribution >= 0.6 is 11.6 Å². The van der Waals surface area contributed by atoms with E-state index < -0.39 is 0 Å². The van der Waals surface area contributed by atoms with Crippen molar-refractivity contribution in [2.75, 3.05) is 11.9 Å². The Kier molecular flexibility index (Phi) is 4.40. The highest BCUT2D eigenvalue weighted by Gasteiger charge is 2.25. The highest BCUT2D eigenvalue weighted by Crippen LogP contribution is 2.31. The molecule has 4 nitrogen and oxygen atoms in total. The van der Waals surface area contributed by atoms with Crippen molar-refractivity contribution in [3.63, 3.8) is 0 Å². The van der Waals surface area contributed by atoms with Gasteiger partial charge >= 0.3 is 0 Å². The number of hydrogen-bond acceptors (Lipinski definition) is 4. The quantitative estimate of drug-likeness (QED) is 0.630. The van der Waals surface area contributed by atoms with Gasteiger partial charge in [0.2, 0.25) is 0 Å². The van der Waals surface area contributed by atoms with Crippen molar-refractivity contribution in [2.45, 2.75) is 45.6 Å². The van der Waals surface area contributed by atoms with E-state index in [4.69, 9.17) is 11.6 Å². The molecule has 5 heteroatoms. The van der Waals surface area contributed by atoms with Crippen molar-refractivity contribution < 1.29 is 4.79 Å². The predicted octanol–water partition coefficient (Wildman–Crippen LogP) is 3.27. The van der Waals surface area contributed by atoms with E-state index >= 15 is 0 Å². The van der Waals surface area contributed by atoms with E-state index in [1.165, 1.54) is 12.8 Å². The molecule has 1 fully saturated rings. The zero-order chi connectivity index (χ0) is 14.0. The summed E-state index contributed by atoms with van der Waals surface area (Å²) in [4.78, 5) is 21.7. The molecule has 1 aliphatic carbocycles. The number of nitrogens with zero attached hydrogens (tertiary/aromatic N) is 3. The van der Waals surface area contributed by atoms with E-state index in [0.29, 0.717) is 23.2 Å². The molecule has 1 heterocycles. The largest absolute Gasteiger partial charge is 0.356 e. The number of aryl methyl sites for hydroxylation is 1. The molecule has 0 atom stereocenters. The van der Waals surface area contributed by atoms with Crippen LogP contribution in [0.25, 0.3) is 0 Å². The minimum atomic E-state index is 0.244. The molecule has 1 saturated carbocycles. The molecule has 104 valence electrons. The molecule has 0 radical (unpaired) electrons. The van der Waals surface area contributed by atoms with Crippen LogP contribution < -0.4 is 4.90 Å². The third-order valence-corrected chi connectivity index (χ3v) is 4.26. The van der Waals surface area contributed by atoms with Crippen LogP contribution in [0, 0.1) is 12.8 Å². The number of anilines is 1. The van der Waals surface area contributed by atoms with Crippen LogP contribution in [0.15, 0.2) is 0 Å². The lowest BCUT2D eigenvalue weighted by Crippen LogP contribution is -2.36. The molecule has 2 rings (SSSR count). The van der Waals surface area contributed by atoms with Gasteiger partial charge in [0, 0.05) is 13.1 Å². The highest BCUT2D eigenvalue weighted by atomic mass is 35.5. The second-order valence-electron chi connectivity index (χ2n) is 5.44. The normalized spacial score (nSPS) is 23.2. The van der Waals surface area contributed by atoms with Crippen LogP contribution in [0.2, 0.25) is 5.15 Å². The summed E-state index contributed by atoms with van der Waals surface area (Å²) in [6, 6.07) is 0.431. The van der Waals surface area contributed by atoms with Crippen molar-refractivity contribution in [3.05, 3.63) is 16.5 Å². The first-order valence-electron chi connectivity index (χ1n) is 6.75. The number of aromatic nitrogens is 2. The van der Waals surface area contributed by atoms with Gasteiger partial charge < -0.3 is 4.90 Å². The summed E-state index contributed by atoms with van der Waals surface area (Å²) in [6.07, 6.45) is 5.47. The summed E-state index contributed by atoms with van der Waals surface area (Å²) >= 11 is 6.03. The second-order valence-corrected chi connectivity index (χ2v) is 5.80. The van der Waals surface area contributed by atoms with E-state index in [2.05, 4.69) is 21.8 Å². The van der Waals surface area contributed by atoms with Crippen molar-refractivity contribution in [2.24, 2.45) is 5.92 Å². The Morgan fingerprint density at radius 1 is 1.26 bits per heavy atom. The molecule has 0 aromatic carbocycles. The molecule has 0 aliphatic heterocycles. The van der Waals surface area contributed by atoms with Gasteiger partial charge in [0.25, 0.3) is 0 Å². The summed E-state index contributed by atoms with van der Waals surface area (Å²) in [6.45, 7) is 4.08. The third kappa shape index (κ3) is 3.06. The number of carbonyl (C=O) groups is 1. The van der Waals surface area contributed by atoms with Crippen LogP contribution in [-0.4, -0.2) is 29.3 Å². The third-order valence-electron chi connectivity index (χ3n) is 3.98. The van der Waals surface area contributed by atoms with Crippen molar-refractivity contribution >= 4 is 23.7 Å². The first kappa shape index (κ1) is 14.3. The van der Waals surface area contributed by atoms with Crippen LogP contribution in [0.1, 0.15) is 48.8 Å². The summed E-state index contributed by atoms with van der Waals surface area (Å²) in [5, 5.41) is 0.244. The van der Waals surface area contributed by atoms with E-state index in [1.807, 2.05) is 7.05 Å². The summed E-state index contributed by atoms with van der Waals surface area (Å²) < 4.78 is 0. The zero-order valence-electron chi connectivity index (χ0n) is 11.7. The highest BCUT2D eigenvalue weighted by molar-refractivity contribution is 6.32. The Morgan fingerprint density at radius 3 is 2.47 bits per heavy atom. The van der Waals surface area contributed by atoms with Gasteiger partial charge in [0.15, 0.2) is 6.29 Å². The topological polar surface area (TPSA) is 46.1 Å². The first-order valence-corrected chi connectivity index (χ1v) is 7.13. The van der Waals surface area contributed by atoms with Crippen LogP contribution in [-0.2, 0) is 0 Å². The fraction of sp³-hybridized carbons (Fsp3) is 0.643. The Labute approximate surface area is 119 Å². The number of halogens is 1. The smallest absolute Gasteiger partial charge is 0.156 e. The van der Waals surface area contributed by atoms with Crippen molar-refractivity contribution in [1.82, 2.24) is 9.97 Å². The zero-order valence-corrected chi connectivity index (χ0v) is 12.4. The Hall–Kier alpha value is -1.16. The lowest BCUT2D eigenvalue weighted by atomic mass is 9.86. The van der Waals surface area contributed by atoms with Gasteiger partial charge in [0.05, 0.1) is 5.56 Å². The Balaban J connectivity index is 2.27. The molecule has 0 N–H and O–H groups in total. The molecule has 0 bridgehead atoms. The summed E-state index contributed by atoms with van der Waals surface area (Å²) in [5.74, 6) is 2.06. The van der Waals surface area contributed by atoms with Crippen molar-refractivity contribution in [1.29, 1.82) is 0 Å². The lowest BCUT2D eigenvalue weighted by Gasteiger charge is -2.34. The lowest BCUT2D eigenvalue weighted by molar-refractivity contribution is 0.112. The fourth-order valence-electron chi connectivity index (χ4n) is 2.71. The fourth-order valence-corrected chi connectivity index (χ4v) is 2.96. The number of hydrogen-bond donors (Lipinski definition) is 0. The maximum absolute atomic E-state index is 11.2. The minimum Gasteiger partial charge on any atom is -0.356 e. The van der Waals surface area contributed by atoms with E-state index in [1.54, 1.807) is 6.92 Å². The average molecular weight is 282 g/mol. The van der Waals surface area contributed by atoms with Gasteiger partial charge in [0.1, 0.15) is 16.8 Å². The molecular weight excluding hydrogens is 262 g/mol. The standard InChI is InChI=1S/C14H20ClN3O/c1-9-4-6-11(7-5-9)18(3)14-12(8-19)13(15)16-10(2)17-14/h8-9,11H,4-7H2,1-3H3. The van der Waals surface area contributed by atoms with Gasteiger partial charge in [-0.1, -0.05) is 18.5 Å². The molecule has 1 aromatic heterocycles. The Bertz CT molecular complexity index is 470. The van der Waals surface area contributed by atoms with Gasteiger partial charge in [-0.25, -0.2) is 9.97 Å². The number of carbonyl (C=O) groups excluding carboxylic acids is 1. The van der Waals surface area contributed by atoms with Crippen LogP contribution in [0.3, 0.4) is 0 Å². The van der Waals surface area contributed by atoms with Gasteiger partial charge in [-0.15, -0.1) is 0 Å². The Morgan fingerprint density at radius 2 is 1.89 bits per heavy atom. The van der Waals surface area contributed by atoms with Crippen molar-refractivity contribution in [3.8, 4) is 0 Å². The average Bonchev–Trinajstić information content (AvgIpc) is 2.38. The molecular formula is C14H20ClN3O. The maximum Gasteiger partial charge on any atom is 0.156 e. The summed E-state index contributed by atoms with van der Waals surface area (Å²) in [7, 11) is 1.99. The summed E-state index contributed by atoms with van der Waals surface area (Å²) in [5.41, 5.74) is 0.397. The van der Waals surface area contributed by atoms with E-state index in [-0.39, 0.29) is 5.15 Å². The predicted molar refractivity (Wildman–Crippen MR) is 77.0 cm³/mol. The maximum atomic E-state index is 11.2. The molecule has 1 aliphatic rings. The number of rotatable bonds is 3. The van der Waals surface area contributed by atoms with Gasteiger partial charge in [-0.3, -0.25) is 4.79 Å².